The summed E-state index contributed by atoms with van der Waals surface area (Å²) in [5, 5.41) is 7.29. The van der Waals surface area contributed by atoms with Gasteiger partial charge in [0.05, 0.1) is 11.4 Å². The molecule has 0 aliphatic rings. The van der Waals surface area contributed by atoms with Gasteiger partial charge in [-0.05, 0) is 49.3 Å². The molecule has 0 aliphatic heterocycles. The van der Waals surface area contributed by atoms with E-state index >= 15 is 0 Å². The molecular formula is C18H22N2O2S. The summed E-state index contributed by atoms with van der Waals surface area (Å²) in [6, 6.07) is 9.98. The lowest BCUT2D eigenvalue weighted by Gasteiger charge is -2.08. The first-order valence-electron chi connectivity index (χ1n) is 7.71. The predicted molar refractivity (Wildman–Crippen MR) is 93.9 cm³/mol. The molecule has 1 aromatic heterocycles. The molecule has 122 valence electrons. The van der Waals surface area contributed by atoms with E-state index in [0.717, 1.165) is 12.8 Å². The van der Waals surface area contributed by atoms with Crippen LogP contribution >= 0.6 is 11.3 Å². The van der Waals surface area contributed by atoms with Gasteiger partial charge in [0.1, 0.15) is 0 Å². The maximum absolute atomic E-state index is 11.7. The Labute approximate surface area is 140 Å². The van der Waals surface area contributed by atoms with Crippen LogP contribution in [0.5, 0.6) is 0 Å². The quantitative estimate of drug-likeness (QED) is 0.767. The second kappa shape index (κ2) is 8.48. The lowest BCUT2D eigenvalue weighted by Crippen LogP contribution is -2.37. The predicted octanol–water partition coefficient (Wildman–Crippen LogP) is 2.84. The zero-order chi connectivity index (χ0) is 16.7. The third kappa shape index (κ3) is 5.53. The highest BCUT2D eigenvalue weighted by Crippen LogP contribution is 2.12. The SMILES string of the molecule is Cc1ccc(CCCNC(=O)CNC(=O)c2cccs2)c(C)c1. The number of carbonyl (C=O) groups excluding carboxylic acids is 2. The molecule has 4 nitrogen and oxygen atoms in total. The molecule has 5 heteroatoms. The third-order valence-electron chi connectivity index (χ3n) is 3.60. The Bertz CT molecular complexity index is 666. The molecular weight excluding hydrogens is 308 g/mol. The van der Waals surface area contributed by atoms with Crippen LogP contribution in [0.15, 0.2) is 35.7 Å². The number of carbonyl (C=O) groups is 2. The maximum atomic E-state index is 11.7. The first-order valence-corrected chi connectivity index (χ1v) is 8.59. The van der Waals surface area contributed by atoms with Crippen molar-refractivity contribution >= 4 is 23.2 Å². The normalized spacial score (nSPS) is 10.3. The Morgan fingerprint density at radius 2 is 1.96 bits per heavy atom. The highest BCUT2D eigenvalue weighted by molar-refractivity contribution is 7.12. The number of aryl methyl sites for hydroxylation is 3. The van der Waals surface area contributed by atoms with Gasteiger partial charge in [-0.1, -0.05) is 29.8 Å². The molecule has 2 N–H and O–H groups in total. The fourth-order valence-electron chi connectivity index (χ4n) is 2.35. The fraction of sp³-hybridized carbons (Fsp3) is 0.333. The first-order chi connectivity index (χ1) is 11.1. The van der Waals surface area contributed by atoms with Crippen molar-refractivity contribution in [2.75, 3.05) is 13.1 Å². The molecule has 0 spiro atoms. The van der Waals surface area contributed by atoms with Crippen LogP contribution in [0.2, 0.25) is 0 Å². The largest absolute Gasteiger partial charge is 0.355 e. The van der Waals surface area contributed by atoms with Crippen LogP contribution in [0.4, 0.5) is 0 Å². The van der Waals surface area contributed by atoms with E-state index in [9.17, 15) is 9.59 Å². The minimum absolute atomic E-state index is 0.0142. The minimum Gasteiger partial charge on any atom is -0.355 e. The van der Waals surface area contributed by atoms with Gasteiger partial charge in [-0.25, -0.2) is 0 Å². The van der Waals surface area contributed by atoms with Gasteiger partial charge in [-0.3, -0.25) is 9.59 Å². The highest BCUT2D eigenvalue weighted by atomic mass is 32.1. The number of rotatable bonds is 7. The Balaban J connectivity index is 1.64. The van der Waals surface area contributed by atoms with Crippen molar-refractivity contribution in [2.24, 2.45) is 0 Å². The minimum atomic E-state index is -0.203. The number of thiophene rings is 1. The first kappa shape index (κ1) is 17.2. The van der Waals surface area contributed by atoms with Gasteiger partial charge >= 0.3 is 0 Å². The second-order valence-electron chi connectivity index (χ2n) is 5.54. The maximum Gasteiger partial charge on any atom is 0.261 e. The Morgan fingerprint density at radius 1 is 1.13 bits per heavy atom. The number of amides is 2. The van der Waals surface area contributed by atoms with Crippen molar-refractivity contribution in [3.05, 3.63) is 57.3 Å². The van der Waals surface area contributed by atoms with Gasteiger partial charge in [0, 0.05) is 6.54 Å². The van der Waals surface area contributed by atoms with Crippen LogP contribution in [0, 0.1) is 13.8 Å². The summed E-state index contributed by atoms with van der Waals surface area (Å²) in [5.41, 5.74) is 3.87. The van der Waals surface area contributed by atoms with Crippen LogP contribution in [0.1, 0.15) is 32.8 Å². The summed E-state index contributed by atoms with van der Waals surface area (Å²) < 4.78 is 0. The average Bonchev–Trinajstić information content (AvgIpc) is 3.05. The molecule has 0 atom stereocenters. The van der Waals surface area contributed by atoms with Crippen LogP contribution in [0.25, 0.3) is 0 Å². The van der Waals surface area contributed by atoms with E-state index in [-0.39, 0.29) is 18.4 Å². The molecule has 2 amide bonds. The van der Waals surface area contributed by atoms with E-state index in [4.69, 9.17) is 0 Å². The topological polar surface area (TPSA) is 58.2 Å². The molecule has 0 radical (unpaired) electrons. The average molecular weight is 330 g/mol. The number of hydrogen-bond acceptors (Lipinski definition) is 3. The van der Waals surface area contributed by atoms with E-state index in [2.05, 4.69) is 42.7 Å². The number of hydrogen-bond donors (Lipinski definition) is 2. The summed E-state index contributed by atoms with van der Waals surface area (Å²) in [6.45, 7) is 4.82. The van der Waals surface area contributed by atoms with Gasteiger partial charge in [-0.2, -0.15) is 0 Å². The summed E-state index contributed by atoms with van der Waals surface area (Å²) in [4.78, 5) is 24.0. The van der Waals surface area contributed by atoms with Gasteiger partial charge < -0.3 is 10.6 Å². The van der Waals surface area contributed by atoms with Crippen LogP contribution in [-0.4, -0.2) is 24.9 Å². The molecule has 0 saturated heterocycles. The van der Waals surface area contributed by atoms with Crippen LogP contribution in [0.3, 0.4) is 0 Å². The molecule has 0 unspecified atom stereocenters. The number of benzene rings is 1. The van der Waals surface area contributed by atoms with Crippen LogP contribution < -0.4 is 10.6 Å². The molecule has 0 bridgehead atoms. The molecule has 0 aliphatic carbocycles. The zero-order valence-electron chi connectivity index (χ0n) is 13.5. The third-order valence-corrected chi connectivity index (χ3v) is 4.47. The number of nitrogens with one attached hydrogen (secondary N) is 2. The molecule has 2 aromatic rings. The van der Waals surface area contributed by atoms with Crippen molar-refractivity contribution in [3.8, 4) is 0 Å². The Hall–Kier alpha value is -2.14. The van der Waals surface area contributed by atoms with Gasteiger partial charge in [0.25, 0.3) is 5.91 Å². The summed E-state index contributed by atoms with van der Waals surface area (Å²) in [7, 11) is 0. The smallest absolute Gasteiger partial charge is 0.261 e. The Kier molecular flexibility index (Phi) is 6.35. The molecule has 1 aromatic carbocycles. The fourth-order valence-corrected chi connectivity index (χ4v) is 2.99. The lowest BCUT2D eigenvalue weighted by atomic mass is 10.0. The lowest BCUT2D eigenvalue weighted by molar-refractivity contribution is -0.120. The van der Waals surface area contributed by atoms with Crippen molar-refractivity contribution in [3.63, 3.8) is 0 Å². The van der Waals surface area contributed by atoms with Crippen LogP contribution in [-0.2, 0) is 11.2 Å². The van der Waals surface area contributed by atoms with E-state index in [1.807, 2.05) is 11.4 Å². The summed E-state index contributed by atoms with van der Waals surface area (Å²) >= 11 is 1.36. The standard InChI is InChI=1S/C18H22N2O2S/c1-13-7-8-15(14(2)11-13)5-3-9-19-17(21)12-20-18(22)16-6-4-10-23-16/h4,6-8,10-11H,3,5,9,12H2,1-2H3,(H,19,21)(H,20,22). The monoisotopic (exact) mass is 330 g/mol. The Morgan fingerprint density at radius 3 is 2.65 bits per heavy atom. The highest BCUT2D eigenvalue weighted by Gasteiger charge is 2.08. The molecule has 0 fully saturated rings. The zero-order valence-corrected chi connectivity index (χ0v) is 14.3. The van der Waals surface area contributed by atoms with Crippen molar-refractivity contribution in [1.82, 2.24) is 10.6 Å². The van der Waals surface area contributed by atoms with Gasteiger partial charge in [0.15, 0.2) is 0 Å². The van der Waals surface area contributed by atoms with E-state index in [1.54, 1.807) is 6.07 Å². The summed E-state index contributed by atoms with van der Waals surface area (Å²) in [6.07, 6.45) is 1.82. The van der Waals surface area contributed by atoms with E-state index in [1.165, 1.54) is 28.0 Å². The molecule has 0 saturated carbocycles. The van der Waals surface area contributed by atoms with E-state index < -0.39 is 0 Å². The van der Waals surface area contributed by atoms with Crippen molar-refractivity contribution in [2.45, 2.75) is 26.7 Å². The van der Waals surface area contributed by atoms with E-state index in [0.29, 0.717) is 11.4 Å². The summed E-state index contributed by atoms with van der Waals surface area (Å²) in [5.74, 6) is -0.360. The van der Waals surface area contributed by atoms with Crippen molar-refractivity contribution in [1.29, 1.82) is 0 Å². The van der Waals surface area contributed by atoms with Crippen molar-refractivity contribution < 1.29 is 9.59 Å². The second-order valence-corrected chi connectivity index (χ2v) is 6.49. The van der Waals surface area contributed by atoms with Gasteiger partial charge in [0.2, 0.25) is 5.91 Å². The molecule has 23 heavy (non-hydrogen) atoms. The molecule has 2 rings (SSSR count). The van der Waals surface area contributed by atoms with Gasteiger partial charge in [-0.15, -0.1) is 11.3 Å². The molecule has 1 heterocycles.